The molecule has 25 heavy (non-hydrogen) atoms. The largest absolute Gasteiger partial charge is 0.454 e. The molecular formula is C18H15ClN4O2. The molecule has 0 aliphatic carbocycles. The van der Waals surface area contributed by atoms with Gasteiger partial charge >= 0.3 is 0 Å². The topological polar surface area (TPSA) is 68.3 Å². The summed E-state index contributed by atoms with van der Waals surface area (Å²) in [4.78, 5) is 8.70. The predicted octanol–water partition coefficient (Wildman–Crippen LogP) is 4.21. The van der Waals surface area contributed by atoms with E-state index in [-0.39, 0.29) is 6.79 Å². The highest BCUT2D eigenvalue weighted by Gasteiger charge is 2.13. The molecule has 4 rings (SSSR count). The summed E-state index contributed by atoms with van der Waals surface area (Å²) in [6.45, 7) is 0.830. The summed E-state index contributed by atoms with van der Waals surface area (Å²) in [7, 11) is 0. The van der Waals surface area contributed by atoms with Crippen LogP contribution in [0.15, 0.2) is 54.7 Å². The Hall–Kier alpha value is -2.99. The monoisotopic (exact) mass is 354 g/mol. The van der Waals surface area contributed by atoms with Crippen molar-refractivity contribution in [3.63, 3.8) is 0 Å². The molecule has 1 aliphatic heterocycles. The number of nitrogens with one attached hydrogen (secondary N) is 2. The summed E-state index contributed by atoms with van der Waals surface area (Å²) in [5.74, 6) is 2.64. The number of anilines is 3. The summed E-state index contributed by atoms with van der Waals surface area (Å²) in [5.41, 5.74) is 1.83. The summed E-state index contributed by atoms with van der Waals surface area (Å²) in [6.07, 6.45) is 1.69. The summed E-state index contributed by atoms with van der Waals surface area (Å²) < 4.78 is 10.7. The fourth-order valence-corrected chi connectivity index (χ4v) is 2.65. The zero-order valence-corrected chi connectivity index (χ0v) is 14.0. The fourth-order valence-electron chi connectivity index (χ4n) is 2.45. The maximum atomic E-state index is 6.17. The molecule has 0 saturated carbocycles. The normalized spacial score (nSPS) is 12.0. The number of ether oxygens (including phenoxy) is 2. The highest BCUT2D eigenvalue weighted by molar-refractivity contribution is 6.31. The minimum atomic E-state index is 0.247. The number of nitrogens with zero attached hydrogens (tertiary/aromatic N) is 2. The molecule has 0 bridgehead atoms. The summed E-state index contributed by atoms with van der Waals surface area (Å²) >= 11 is 6.17. The Bertz CT molecular complexity index is 904. The quantitative estimate of drug-likeness (QED) is 0.715. The second-order valence-corrected chi connectivity index (χ2v) is 5.81. The van der Waals surface area contributed by atoms with Crippen molar-refractivity contribution in [3.8, 4) is 11.5 Å². The van der Waals surface area contributed by atoms with Crippen molar-refractivity contribution < 1.29 is 9.47 Å². The molecule has 0 saturated heterocycles. The maximum Gasteiger partial charge on any atom is 0.231 e. The van der Waals surface area contributed by atoms with Gasteiger partial charge in [0.05, 0.1) is 0 Å². The Morgan fingerprint density at radius 3 is 2.84 bits per heavy atom. The van der Waals surface area contributed by atoms with E-state index in [1.165, 1.54) is 0 Å². The lowest BCUT2D eigenvalue weighted by Gasteiger charge is -2.09. The van der Waals surface area contributed by atoms with Crippen LogP contribution in [0.4, 0.5) is 17.5 Å². The molecule has 2 N–H and O–H groups in total. The number of fused-ring (bicyclic) bond motifs is 1. The first-order valence-electron chi connectivity index (χ1n) is 7.75. The first-order chi connectivity index (χ1) is 12.3. The van der Waals surface area contributed by atoms with Crippen molar-refractivity contribution in [3.05, 3.63) is 65.3 Å². The minimum absolute atomic E-state index is 0.247. The standard InChI is InChI=1S/C18H15ClN4O2/c19-14-4-2-1-3-12(14)10-21-17-7-8-20-18(23-17)22-13-5-6-15-16(9-13)25-11-24-15/h1-9H,10-11H2,(H2,20,21,22,23). The van der Waals surface area contributed by atoms with Gasteiger partial charge < -0.3 is 20.1 Å². The molecule has 126 valence electrons. The van der Waals surface area contributed by atoms with E-state index in [0.717, 1.165) is 22.0 Å². The molecule has 2 aromatic carbocycles. The number of aromatic nitrogens is 2. The first-order valence-corrected chi connectivity index (χ1v) is 8.13. The molecule has 0 radical (unpaired) electrons. The predicted molar refractivity (Wildman–Crippen MR) is 96.7 cm³/mol. The van der Waals surface area contributed by atoms with Crippen LogP contribution in [0.5, 0.6) is 11.5 Å². The third-order valence-electron chi connectivity index (χ3n) is 3.70. The van der Waals surface area contributed by atoms with Gasteiger partial charge in [-0.25, -0.2) is 4.98 Å². The minimum Gasteiger partial charge on any atom is -0.454 e. The molecule has 0 fully saturated rings. The van der Waals surface area contributed by atoms with E-state index in [2.05, 4.69) is 20.6 Å². The molecule has 0 atom stereocenters. The van der Waals surface area contributed by atoms with E-state index >= 15 is 0 Å². The second kappa shape index (κ2) is 6.86. The SMILES string of the molecule is Clc1ccccc1CNc1ccnc(Nc2ccc3c(c2)OCO3)n1. The van der Waals surface area contributed by atoms with Gasteiger partial charge in [-0.2, -0.15) is 4.98 Å². The highest BCUT2D eigenvalue weighted by atomic mass is 35.5. The smallest absolute Gasteiger partial charge is 0.231 e. The molecule has 2 heterocycles. The Balaban J connectivity index is 1.45. The van der Waals surface area contributed by atoms with Crippen LogP contribution in [-0.2, 0) is 6.54 Å². The molecular weight excluding hydrogens is 340 g/mol. The van der Waals surface area contributed by atoms with Crippen LogP contribution in [0, 0.1) is 0 Å². The number of halogens is 1. The third-order valence-corrected chi connectivity index (χ3v) is 4.07. The van der Waals surface area contributed by atoms with Crippen molar-refractivity contribution in [2.75, 3.05) is 17.4 Å². The van der Waals surface area contributed by atoms with Crippen LogP contribution < -0.4 is 20.1 Å². The molecule has 1 aliphatic rings. The number of benzene rings is 2. The van der Waals surface area contributed by atoms with E-state index in [0.29, 0.717) is 24.1 Å². The molecule has 6 nitrogen and oxygen atoms in total. The van der Waals surface area contributed by atoms with Gasteiger partial charge in [-0.05, 0) is 29.8 Å². The summed E-state index contributed by atoms with van der Waals surface area (Å²) in [6, 6.07) is 15.1. The Morgan fingerprint density at radius 2 is 1.92 bits per heavy atom. The fraction of sp³-hybridized carbons (Fsp3) is 0.111. The third kappa shape index (κ3) is 3.59. The van der Waals surface area contributed by atoms with Crippen LogP contribution in [0.2, 0.25) is 5.02 Å². The van der Waals surface area contributed by atoms with Gasteiger partial charge in [0.25, 0.3) is 0 Å². The average Bonchev–Trinajstić information content (AvgIpc) is 3.09. The lowest BCUT2D eigenvalue weighted by atomic mass is 10.2. The van der Waals surface area contributed by atoms with Gasteiger partial charge in [0.1, 0.15) is 5.82 Å². The Kier molecular flexibility index (Phi) is 4.26. The van der Waals surface area contributed by atoms with E-state index in [9.17, 15) is 0 Å². The second-order valence-electron chi connectivity index (χ2n) is 5.40. The molecule has 0 spiro atoms. The lowest BCUT2D eigenvalue weighted by Crippen LogP contribution is -2.04. The van der Waals surface area contributed by atoms with Gasteiger partial charge in [-0.15, -0.1) is 0 Å². The van der Waals surface area contributed by atoms with Crippen molar-refractivity contribution in [1.82, 2.24) is 9.97 Å². The lowest BCUT2D eigenvalue weighted by molar-refractivity contribution is 0.174. The van der Waals surface area contributed by atoms with Crippen molar-refractivity contribution in [2.24, 2.45) is 0 Å². The van der Waals surface area contributed by atoms with Gasteiger partial charge in [0, 0.05) is 29.5 Å². The van der Waals surface area contributed by atoms with E-state index < -0.39 is 0 Å². The molecule has 7 heteroatoms. The van der Waals surface area contributed by atoms with Gasteiger partial charge in [0.15, 0.2) is 11.5 Å². The Morgan fingerprint density at radius 1 is 1.04 bits per heavy atom. The van der Waals surface area contributed by atoms with Crippen LogP contribution in [0.3, 0.4) is 0 Å². The van der Waals surface area contributed by atoms with Crippen LogP contribution in [0.1, 0.15) is 5.56 Å². The number of hydrogen-bond acceptors (Lipinski definition) is 6. The van der Waals surface area contributed by atoms with Crippen molar-refractivity contribution >= 4 is 29.1 Å². The van der Waals surface area contributed by atoms with Gasteiger partial charge in [0.2, 0.25) is 12.7 Å². The van der Waals surface area contributed by atoms with Crippen LogP contribution in [-0.4, -0.2) is 16.8 Å². The number of hydrogen-bond donors (Lipinski definition) is 2. The van der Waals surface area contributed by atoms with Crippen LogP contribution >= 0.6 is 11.6 Å². The molecule has 1 aromatic heterocycles. The van der Waals surface area contributed by atoms with E-state index in [4.69, 9.17) is 21.1 Å². The van der Waals surface area contributed by atoms with Gasteiger partial charge in [-0.1, -0.05) is 29.8 Å². The molecule has 0 unspecified atom stereocenters. The van der Waals surface area contributed by atoms with Gasteiger partial charge in [-0.3, -0.25) is 0 Å². The van der Waals surface area contributed by atoms with E-state index in [1.807, 2.05) is 48.5 Å². The average molecular weight is 355 g/mol. The maximum absolute atomic E-state index is 6.17. The number of rotatable bonds is 5. The molecule has 3 aromatic rings. The Labute approximate surface area is 149 Å². The van der Waals surface area contributed by atoms with Crippen molar-refractivity contribution in [1.29, 1.82) is 0 Å². The van der Waals surface area contributed by atoms with Crippen molar-refractivity contribution in [2.45, 2.75) is 6.54 Å². The molecule has 0 amide bonds. The van der Waals surface area contributed by atoms with Crippen LogP contribution in [0.25, 0.3) is 0 Å². The summed E-state index contributed by atoms with van der Waals surface area (Å²) in [5, 5.41) is 7.13. The zero-order valence-electron chi connectivity index (χ0n) is 13.2. The highest BCUT2D eigenvalue weighted by Crippen LogP contribution is 2.34. The first kappa shape index (κ1) is 15.5. The van der Waals surface area contributed by atoms with E-state index in [1.54, 1.807) is 6.20 Å². The zero-order chi connectivity index (χ0) is 17.1.